The van der Waals surface area contributed by atoms with Crippen molar-refractivity contribution < 1.29 is 0 Å². The highest BCUT2D eigenvalue weighted by atomic mass is 32.2. The summed E-state index contributed by atoms with van der Waals surface area (Å²) in [6, 6.07) is 0. The first-order valence-corrected chi connectivity index (χ1v) is 5.17. The van der Waals surface area contributed by atoms with Crippen molar-refractivity contribution in [1.82, 2.24) is 24.7 Å². The molecule has 0 saturated heterocycles. The lowest BCUT2D eigenvalue weighted by Crippen LogP contribution is -2.15. The van der Waals surface area contributed by atoms with Gasteiger partial charge in [0, 0.05) is 19.4 Å². The third-order valence-corrected chi connectivity index (χ3v) is 2.82. The number of hydrogen-bond donors (Lipinski definition) is 2. The second kappa shape index (κ2) is 4.27. The van der Waals surface area contributed by atoms with Gasteiger partial charge in [-0.15, -0.1) is 0 Å². The zero-order valence-electron chi connectivity index (χ0n) is 8.45. The molecule has 0 atom stereocenters. The molecule has 7 nitrogen and oxygen atoms in total. The van der Waals surface area contributed by atoms with E-state index in [1.54, 1.807) is 17.9 Å². The fraction of sp³-hybridized carbons (Fsp3) is 0.125. The van der Waals surface area contributed by atoms with Crippen LogP contribution in [0.1, 0.15) is 5.69 Å². The molecule has 0 aliphatic carbocycles. The molecule has 0 saturated carbocycles. The van der Waals surface area contributed by atoms with Gasteiger partial charge in [-0.3, -0.25) is 5.41 Å². The molecule has 0 fully saturated rings. The fourth-order valence-electron chi connectivity index (χ4n) is 1.05. The average molecular weight is 235 g/mol. The first-order valence-electron chi connectivity index (χ1n) is 4.35. The van der Waals surface area contributed by atoms with Crippen molar-refractivity contribution in [2.24, 2.45) is 12.8 Å². The lowest BCUT2D eigenvalue weighted by atomic mass is 10.4. The zero-order valence-corrected chi connectivity index (χ0v) is 9.27. The smallest absolute Gasteiger partial charge is 0.192 e. The first-order chi connectivity index (χ1) is 7.68. The summed E-state index contributed by atoms with van der Waals surface area (Å²) in [5.74, 6) is -0.113. The maximum Gasteiger partial charge on any atom is 0.192 e. The Morgan fingerprint density at radius 2 is 2.12 bits per heavy atom. The van der Waals surface area contributed by atoms with Gasteiger partial charge in [0.15, 0.2) is 5.16 Å². The van der Waals surface area contributed by atoms with Crippen molar-refractivity contribution in [2.45, 2.75) is 10.2 Å². The van der Waals surface area contributed by atoms with Crippen LogP contribution in [0.5, 0.6) is 0 Å². The second-order valence-electron chi connectivity index (χ2n) is 2.89. The molecule has 16 heavy (non-hydrogen) atoms. The maximum atomic E-state index is 7.38. The number of rotatable bonds is 3. The van der Waals surface area contributed by atoms with Crippen molar-refractivity contribution in [3.63, 3.8) is 0 Å². The molecular formula is C8H9N7S. The van der Waals surface area contributed by atoms with Crippen molar-refractivity contribution >= 4 is 17.6 Å². The monoisotopic (exact) mass is 235 g/mol. The van der Waals surface area contributed by atoms with Gasteiger partial charge in [0.25, 0.3) is 0 Å². The van der Waals surface area contributed by atoms with Gasteiger partial charge >= 0.3 is 0 Å². The van der Waals surface area contributed by atoms with E-state index >= 15 is 0 Å². The molecule has 8 heteroatoms. The highest BCUT2D eigenvalue weighted by Gasteiger charge is 2.12. The van der Waals surface area contributed by atoms with Crippen molar-refractivity contribution in [3.8, 4) is 0 Å². The van der Waals surface area contributed by atoms with Crippen LogP contribution in [0.3, 0.4) is 0 Å². The zero-order chi connectivity index (χ0) is 11.5. The second-order valence-corrected chi connectivity index (χ2v) is 3.85. The van der Waals surface area contributed by atoms with Crippen LogP contribution in [0, 0.1) is 5.41 Å². The molecule has 0 aliphatic heterocycles. The predicted octanol–water partition coefficient (Wildman–Crippen LogP) is 0.0404. The molecular weight excluding hydrogens is 226 g/mol. The van der Waals surface area contributed by atoms with Crippen LogP contribution < -0.4 is 5.73 Å². The molecule has 0 spiro atoms. The molecule has 2 aromatic heterocycles. The Labute approximate surface area is 95.6 Å². The summed E-state index contributed by atoms with van der Waals surface area (Å²) in [5.41, 5.74) is 5.76. The van der Waals surface area contributed by atoms with E-state index in [2.05, 4.69) is 20.1 Å². The molecule has 82 valence electrons. The Morgan fingerprint density at radius 3 is 2.75 bits per heavy atom. The van der Waals surface area contributed by atoms with E-state index in [0.717, 1.165) is 0 Å². The van der Waals surface area contributed by atoms with E-state index in [1.165, 1.54) is 24.3 Å². The highest BCUT2D eigenvalue weighted by molar-refractivity contribution is 7.99. The number of aryl methyl sites for hydroxylation is 1. The summed E-state index contributed by atoms with van der Waals surface area (Å²) in [6.45, 7) is 0. The Balaban J connectivity index is 2.35. The van der Waals surface area contributed by atoms with Crippen LogP contribution in [-0.2, 0) is 7.05 Å². The molecule has 0 bridgehead atoms. The topological polar surface area (TPSA) is 106 Å². The van der Waals surface area contributed by atoms with Gasteiger partial charge in [-0.2, -0.15) is 5.10 Å². The van der Waals surface area contributed by atoms with Crippen LogP contribution in [0.15, 0.2) is 28.9 Å². The number of hydrogen-bond acceptors (Lipinski definition) is 6. The van der Waals surface area contributed by atoms with Crippen LogP contribution in [0.25, 0.3) is 0 Å². The highest BCUT2D eigenvalue weighted by Crippen LogP contribution is 2.24. The van der Waals surface area contributed by atoms with Gasteiger partial charge < -0.3 is 5.73 Å². The summed E-state index contributed by atoms with van der Waals surface area (Å²) in [4.78, 5) is 12.2. The molecule has 2 heterocycles. The third kappa shape index (κ3) is 2.01. The van der Waals surface area contributed by atoms with E-state index in [-0.39, 0.29) is 5.84 Å². The molecule has 0 amide bonds. The van der Waals surface area contributed by atoms with Crippen molar-refractivity contribution in [2.75, 3.05) is 0 Å². The number of amidine groups is 1. The lowest BCUT2D eigenvalue weighted by Gasteiger charge is -2.03. The van der Waals surface area contributed by atoms with E-state index in [9.17, 15) is 0 Å². The van der Waals surface area contributed by atoms with Crippen LogP contribution in [0.2, 0.25) is 0 Å². The van der Waals surface area contributed by atoms with E-state index in [1.807, 2.05) is 0 Å². The largest absolute Gasteiger partial charge is 0.382 e. The average Bonchev–Trinajstić information content (AvgIpc) is 2.65. The summed E-state index contributed by atoms with van der Waals surface area (Å²) < 4.78 is 1.61. The van der Waals surface area contributed by atoms with E-state index in [4.69, 9.17) is 11.1 Å². The standard InChI is InChI=1S/C8H9N7S/c1-15-8(13-4-14-15)16-7-5(6(9)10)11-2-3-12-7/h2-4H,1H3,(H3,9,10). The first kappa shape index (κ1) is 10.6. The minimum Gasteiger partial charge on any atom is -0.382 e. The Morgan fingerprint density at radius 1 is 1.38 bits per heavy atom. The van der Waals surface area contributed by atoms with Gasteiger partial charge in [0.05, 0.1) is 0 Å². The Kier molecular flexibility index (Phi) is 2.82. The van der Waals surface area contributed by atoms with Gasteiger partial charge in [-0.05, 0) is 11.8 Å². The van der Waals surface area contributed by atoms with Crippen LogP contribution in [-0.4, -0.2) is 30.6 Å². The van der Waals surface area contributed by atoms with Crippen LogP contribution >= 0.6 is 11.8 Å². The fourth-order valence-corrected chi connectivity index (χ4v) is 1.87. The third-order valence-electron chi connectivity index (χ3n) is 1.78. The molecule has 2 rings (SSSR count). The summed E-state index contributed by atoms with van der Waals surface area (Å²) in [5, 5.41) is 12.5. The van der Waals surface area contributed by atoms with Crippen LogP contribution in [0.4, 0.5) is 0 Å². The molecule has 0 aromatic carbocycles. The summed E-state index contributed by atoms with van der Waals surface area (Å²) >= 11 is 1.27. The van der Waals surface area contributed by atoms with Gasteiger partial charge in [-0.25, -0.2) is 19.6 Å². The lowest BCUT2D eigenvalue weighted by molar-refractivity contribution is 0.684. The summed E-state index contributed by atoms with van der Waals surface area (Å²) in [7, 11) is 1.78. The molecule has 0 radical (unpaired) electrons. The Bertz CT molecular complexity index is 521. The van der Waals surface area contributed by atoms with Crippen molar-refractivity contribution in [3.05, 3.63) is 24.4 Å². The number of nitrogen functional groups attached to an aromatic ring is 1. The van der Waals surface area contributed by atoms with Crippen molar-refractivity contribution in [1.29, 1.82) is 5.41 Å². The number of aromatic nitrogens is 5. The summed E-state index contributed by atoms with van der Waals surface area (Å²) in [6.07, 6.45) is 4.49. The minimum absolute atomic E-state index is 0.113. The molecule has 0 unspecified atom stereocenters. The number of nitrogens with one attached hydrogen (secondary N) is 1. The number of nitrogens with two attached hydrogens (primary N) is 1. The SMILES string of the molecule is Cn1ncnc1Sc1nccnc1C(=N)N. The predicted molar refractivity (Wildman–Crippen MR) is 58.2 cm³/mol. The minimum atomic E-state index is -0.113. The van der Waals surface area contributed by atoms with E-state index < -0.39 is 0 Å². The van der Waals surface area contributed by atoms with Gasteiger partial charge in [-0.1, -0.05) is 0 Å². The maximum absolute atomic E-state index is 7.38. The Hall–Kier alpha value is -1.96. The molecule has 0 aliphatic rings. The molecule has 2 aromatic rings. The normalized spacial score (nSPS) is 10.3. The van der Waals surface area contributed by atoms with Gasteiger partial charge in [0.1, 0.15) is 22.9 Å². The quantitative estimate of drug-likeness (QED) is 0.574. The molecule has 3 N–H and O–H groups in total. The van der Waals surface area contributed by atoms with E-state index in [0.29, 0.717) is 15.9 Å². The van der Waals surface area contributed by atoms with Gasteiger partial charge in [0.2, 0.25) is 0 Å². The number of nitrogens with zero attached hydrogens (tertiary/aromatic N) is 5.